The van der Waals surface area contributed by atoms with Gasteiger partial charge in [0, 0.05) is 79.6 Å². The average Bonchev–Trinajstić information content (AvgIpc) is 3.19. The Morgan fingerprint density at radius 1 is 1.17 bits per heavy atom. The Balaban J connectivity index is 1.50. The van der Waals surface area contributed by atoms with E-state index in [1.54, 1.807) is 12.1 Å². The van der Waals surface area contributed by atoms with Gasteiger partial charge in [-0.15, -0.1) is 0 Å². The number of ether oxygens (including phenoxy) is 3. The molecule has 4 atom stereocenters. The van der Waals surface area contributed by atoms with Gasteiger partial charge in [0.2, 0.25) is 5.91 Å². The predicted molar refractivity (Wildman–Crippen MR) is 183 cm³/mol. The van der Waals surface area contributed by atoms with Gasteiger partial charge < -0.3 is 23.7 Å². The zero-order valence-corrected chi connectivity index (χ0v) is 28.9. The number of rotatable bonds is 4. The van der Waals surface area contributed by atoms with Crippen molar-refractivity contribution in [3.05, 3.63) is 47.8 Å². The highest BCUT2D eigenvalue weighted by Gasteiger charge is 2.35. The molecule has 0 aliphatic carbocycles. The van der Waals surface area contributed by atoms with E-state index in [2.05, 4.69) is 59.9 Å². The number of amides is 1. The number of nitrogens with one attached hydrogen (secondary N) is 1. The molecular weight excluding hydrogens is 594 g/mol. The lowest BCUT2D eigenvalue weighted by Crippen LogP contribution is -2.57. The van der Waals surface area contributed by atoms with Gasteiger partial charge in [-0.3, -0.25) is 19.6 Å². The van der Waals surface area contributed by atoms with Crippen LogP contribution in [-0.2, 0) is 36.8 Å². The Kier molecular flexibility index (Phi) is 9.92. The molecule has 3 aliphatic rings. The van der Waals surface area contributed by atoms with Gasteiger partial charge >= 0.3 is 5.97 Å². The highest BCUT2D eigenvalue weighted by atomic mass is 16.5. The van der Waals surface area contributed by atoms with E-state index < -0.39 is 6.04 Å². The largest absolute Gasteiger partial charge is 0.464 e. The molecule has 10 heteroatoms. The van der Waals surface area contributed by atoms with E-state index >= 15 is 0 Å². The maximum absolute atomic E-state index is 13.5. The van der Waals surface area contributed by atoms with Crippen molar-refractivity contribution in [1.82, 2.24) is 20.0 Å². The fourth-order valence-electron chi connectivity index (χ4n) is 7.52. The number of fused-ring (bicyclic) bond motifs is 6. The predicted octanol–water partition coefficient (Wildman–Crippen LogP) is 5.67. The van der Waals surface area contributed by atoms with Gasteiger partial charge in [-0.05, 0) is 81.8 Å². The second-order valence-corrected chi connectivity index (χ2v) is 14.3. The zero-order chi connectivity index (χ0) is 33.3. The van der Waals surface area contributed by atoms with Crippen LogP contribution in [0.2, 0.25) is 0 Å². The summed E-state index contributed by atoms with van der Waals surface area (Å²) in [4.78, 5) is 34.2. The first-order valence-corrected chi connectivity index (χ1v) is 17.3. The Morgan fingerprint density at radius 3 is 2.79 bits per heavy atom. The topological polar surface area (TPSA) is 98.2 Å². The summed E-state index contributed by atoms with van der Waals surface area (Å²) >= 11 is 0. The summed E-state index contributed by atoms with van der Waals surface area (Å²) in [6.07, 6.45) is 5.16. The number of anilines is 1. The summed E-state index contributed by atoms with van der Waals surface area (Å²) in [6, 6.07) is 10.4. The van der Waals surface area contributed by atoms with Crippen molar-refractivity contribution in [2.45, 2.75) is 91.5 Å². The third kappa shape index (κ3) is 6.91. The summed E-state index contributed by atoms with van der Waals surface area (Å²) in [5, 5.41) is 2.82. The molecule has 1 N–H and O–H groups in total. The van der Waals surface area contributed by atoms with Gasteiger partial charge in [0.25, 0.3) is 0 Å². The standard InChI is InChI=1S/C37H51N5O5/c1-7-41-32-14-13-26-20-29(32)30(34(41)28-11-8-15-38-33(28)25(3)45-6)21-37(4,5)23-47-36(44)31-12-9-17-42(39-31)35(43)24(2)19-27-22-40(26)16-10-18-46-27/h8,11,13-15,20,24-25,27,31,39H,7,9-10,12,16-19,21-23H2,1-6H3/t24?,25-,27-,31-/m0/s1. The fraction of sp³-hybridized carbons (Fsp3) is 0.595. The first-order chi connectivity index (χ1) is 22.6. The summed E-state index contributed by atoms with van der Waals surface area (Å²) in [5.74, 6) is -0.562. The second kappa shape index (κ2) is 13.9. The molecule has 0 spiro atoms. The van der Waals surface area contributed by atoms with Crippen LogP contribution in [-0.4, -0.2) is 78.5 Å². The molecule has 1 unspecified atom stereocenters. The van der Waals surface area contributed by atoms with E-state index in [0.717, 1.165) is 54.1 Å². The number of aryl methyl sites for hydroxylation is 1. The smallest absolute Gasteiger partial charge is 0.324 e. The number of carbonyl (C=O) groups excluding carboxylic acids is 2. The monoisotopic (exact) mass is 645 g/mol. The third-order valence-corrected chi connectivity index (χ3v) is 10.1. The number of carbonyl (C=O) groups is 2. The number of aromatic nitrogens is 2. The molecule has 0 radical (unpaired) electrons. The van der Waals surface area contributed by atoms with Crippen LogP contribution in [0.15, 0.2) is 36.5 Å². The Hall–Kier alpha value is -3.47. The van der Waals surface area contributed by atoms with Crippen molar-refractivity contribution in [3.8, 4) is 11.3 Å². The molecular formula is C37H51N5O5. The van der Waals surface area contributed by atoms with Crippen molar-refractivity contribution in [2.75, 3.05) is 44.9 Å². The number of cyclic esters (lactones) is 1. The maximum Gasteiger partial charge on any atom is 0.324 e. The lowest BCUT2D eigenvalue weighted by molar-refractivity contribution is -0.155. The third-order valence-electron chi connectivity index (χ3n) is 10.1. The Bertz CT molecular complexity index is 1600. The van der Waals surface area contributed by atoms with Crippen LogP contribution < -0.4 is 10.3 Å². The minimum atomic E-state index is -0.548. The lowest BCUT2D eigenvalue weighted by atomic mass is 9.84. The number of hydrogen-bond acceptors (Lipinski definition) is 8. The summed E-state index contributed by atoms with van der Waals surface area (Å²) < 4.78 is 20.5. The van der Waals surface area contributed by atoms with Crippen molar-refractivity contribution in [3.63, 3.8) is 0 Å². The lowest BCUT2D eigenvalue weighted by Gasteiger charge is -2.35. The van der Waals surface area contributed by atoms with Crippen LogP contribution in [0.25, 0.3) is 22.2 Å². The highest BCUT2D eigenvalue weighted by molar-refractivity contribution is 5.94. The van der Waals surface area contributed by atoms with E-state index in [0.29, 0.717) is 39.0 Å². The SMILES string of the molecule is CCn1c(-c2cccnc2[C@H](C)OC)c2c3cc(ccc31)N1CCCO[C@@H](CC(C)C(=O)N3CCC[C@H](N3)C(=O)OCC(C)(C)C2)C1. The fourth-order valence-corrected chi connectivity index (χ4v) is 7.52. The normalized spacial score (nSPS) is 24.9. The number of benzene rings is 1. The number of hydrogen-bond donors (Lipinski definition) is 1. The molecule has 47 heavy (non-hydrogen) atoms. The molecule has 3 aliphatic heterocycles. The minimum Gasteiger partial charge on any atom is -0.464 e. The Morgan fingerprint density at radius 2 is 2.00 bits per heavy atom. The van der Waals surface area contributed by atoms with Gasteiger partial charge in [0.15, 0.2) is 0 Å². The average molecular weight is 646 g/mol. The first-order valence-electron chi connectivity index (χ1n) is 17.3. The Labute approximate surface area is 278 Å². The summed E-state index contributed by atoms with van der Waals surface area (Å²) in [6.45, 7) is 14.4. The van der Waals surface area contributed by atoms with Crippen LogP contribution in [0, 0.1) is 11.3 Å². The quantitative estimate of drug-likeness (QED) is 0.363. The highest BCUT2D eigenvalue weighted by Crippen LogP contribution is 2.42. The molecule has 2 saturated heterocycles. The molecule has 0 saturated carbocycles. The molecule has 3 aromatic rings. The van der Waals surface area contributed by atoms with E-state index in [9.17, 15) is 9.59 Å². The minimum absolute atomic E-state index is 0.000372. The van der Waals surface area contributed by atoms with E-state index in [1.165, 1.54) is 10.9 Å². The van der Waals surface area contributed by atoms with Crippen molar-refractivity contribution in [1.29, 1.82) is 0 Å². The van der Waals surface area contributed by atoms with Gasteiger partial charge in [-0.2, -0.15) is 0 Å². The molecule has 2 fully saturated rings. The molecule has 10 nitrogen and oxygen atoms in total. The molecule has 1 aromatic carbocycles. The summed E-state index contributed by atoms with van der Waals surface area (Å²) in [7, 11) is 1.72. The zero-order valence-electron chi connectivity index (χ0n) is 28.9. The van der Waals surface area contributed by atoms with Crippen LogP contribution in [0.3, 0.4) is 0 Å². The second-order valence-electron chi connectivity index (χ2n) is 14.3. The van der Waals surface area contributed by atoms with E-state index in [-0.39, 0.29) is 42.0 Å². The van der Waals surface area contributed by atoms with Gasteiger partial charge in [0.1, 0.15) is 6.04 Å². The number of pyridine rings is 1. The molecule has 6 rings (SSSR count). The summed E-state index contributed by atoms with van der Waals surface area (Å²) in [5.41, 5.74) is 9.44. The van der Waals surface area contributed by atoms with Gasteiger partial charge in [-0.25, -0.2) is 5.43 Å². The number of hydrazine groups is 1. The molecule has 254 valence electrons. The van der Waals surface area contributed by atoms with Crippen molar-refractivity contribution in [2.24, 2.45) is 11.3 Å². The van der Waals surface area contributed by atoms with Gasteiger partial charge in [0.05, 0.1) is 30.2 Å². The molecule has 1 amide bonds. The number of esters is 1. The molecule has 6 bridgehead atoms. The van der Waals surface area contributed by atoms with Crippen LogP contribution >= 0.6 is 0 Å². The van der Waals surface area contributed by atoms with Crippen LogP contribution in [0.5, 0.6) is 0 Å². The van der Waals surface area contributed by atoms with Crippen LogP contribution in [0.4, 0.5) is 5.69 Å². The number of nitrogens with zero attached hydrogens (tertiary/aromatic N) is 4. The first kappa shape index (κ1) is 33.4. The molecule has 5 heterocycles. The maximum atomic E-state index is 13.5. The van der Waals surface area contributed by atoms with Crippen LogP contribution in [0.1, 0.15) is 77.7 Å². The van der Waals surface area contributed by atoms with Gasteiger partial charge in [-0.1, -0.05) is 20.8 Å². The van der Waals surface area contributed by atoms with Crippen molar-refractivity contribution < 1.29 is 23.8 Å². The van der Waals surface area contributed by atoms with Crippen molar-refractivity contribution >= 4 is 28.5 Å². The number of methoxy groups -OCH3 is 1. The van der Waals surface area contributed by atoms with E-state index in [1.807, 2.05) is 26.1 Å². The van der Waals surface area contributed by atoms with E-state index in [4.69, 9.17) is 19.2 Å². The molecule has 2 aromatic heterocycles.